The number of likely N-dealkylation sites (tertiary alicyclic amines) is 1. The quantitative estimate of drug-likeness (QED) is 0.178. The van der Waals surface area contributed by atoms with Crippen molar-refractivity contribution in [2.45, 2.75) is 62.7 Å². The van der Waals surface area contributed by atoms with Crippen molar-refractivity contribution < 1.29 is 34.2 Å². The zero-order chi connectivity index (χ0) is 26.0. The number of aromatic amines is 1. The van der Waals surface area contributed by atoms with E-state index in [4.69, 9.17) is 10.8 Å². The fourth-order valence-corrected chi connectivity index (χ4v) is 4.27. The standard InChI is InChI=1S/C21H32N6O7S/c1-35-8-6-14(25-18(30)13(22)9-12-10-23-11-24-12)19(31)26-15(4-5-17(28)29)20(32)27-7-2-3-16(27)21(33)34/h10-11,13-16H,2-9,22H2,1H3,(H,23,24)(H,25,30)(H,26,31)(H,28,29)(H,33,34). The first kappa shape index (κ1) is 28.1. The van der Waals surface area contributed by atoms with Crippen LogP contribution in [0, 0.1) is 0 Å². The number of rotatable bonds is 14. The van der Waals surface area contributed by atoms with E-state index in [1.165, 1.54) is 24.3 Å². The summed E-state index contributed by atoms with van der Waals surface area (Å²) in [6.07, 6.45) is 5.39. The van der Waals surface area contributed by atoms with Crippen molar-refractivity contribution >= 4 is 41.4 Å². The number of carbonyl (C=O) groups is 5. The molecule has 4 unspecified atom stereocenters. The third kappa shape index (κ3) is 8.55. The van der Waals surface area contributed by atoms with Gasteiger partial charge in [0.1, 0.15) is 18.1 Å². The molecule has 1 aliphatic rings. The van der Waals surface area contributed by atoms with Gasteiger partial charge in [-0.05, 0) is 37.7 Å². The van der Waals surface area contributed by atoms with Crippen LogP contribution in [0.15, 0.2) is 12.5 Å². The zero-order valence-electron chi connectivity index (χ0n) is 19.4. The summed E-state index contributed by atoms with van der Waals surface area (Å²) >= 11 is 1.46. The molecule has 1 saturated heterocycles. The molecule has 1 aliphatic heterocycles. The Hall–Kier alpha value is -3.13. The van der Waals surface area contributed by atoms with Crippen LogP contribution in [0.5, 0.6) is 0 Å². The number of hydrogen-bond donors (Lipinski definition) is 6. The van der Waals surface area contributed by atoms with Crippen molar-refractivity contribution in [1.82, 2.24) is 25.5 Å². The average molecular weight is 513 g/mol. The molecular weight excluding hydrogens is 480 g/mol. The van der Waals surface area contributed by atoms with E-state index < -0.39 is 60.2 Å². The minimum absolute atomic E-state index is 0.175. The number of nitrogens with zero attached hydrogens (tertiary/aromatic N) is 2. The monoisotopic (exact) mass is 512 g/mol. The lowest BCUT2D eigenvalue weighted by molar-refractivity contribution is -0.150. The highest BCUT2D eigenvalue weighted by atomic mass is 32.2. The van der Waals surface area contributed by atoms with E-state index in [0.29, 0.717) is 17.9 Å². The minimum Gasteiger partial charge on any atom is -0.481 e. The molecule has 0 bridgehead atoms. The molecule has 0 aromatic carbocycles. The van der Waals surface area contributed by atoms with E-state index in [9.17, 15) is 29.1 Å². The Morgan fingerprint density at radius 3 is 2.51 bits per heavy atom. The number of amides is 3. The van der Waals surface area contributed by atoms with Crippen molar-refractivity contribution in [1.29, 1.82) is 0 Å². The molecular formula is C21H32N6O7S. The Morgan fingerprint density at radius 2 is 1.91 bits per heavy atom. The van der Waals surface area contributed by atoms with Gasteiger partial charge >= 0.3 is 11.9 Å². The molecule has 194 valence electrons. The van der Waals surface area contributed by atoms with Crippen LogP contribution in [0.1, 0.15) is 37.8 Å². The van der Waals surface area contributed by atoms with Crippen molar-refractivity contribution in [3.63, 3.8) is 0 Å². The highest BCUT2D eigenvalue weighted by Gasteiger charge is 2.38. The van der Waals surface area contributed by atoms with Crippen LogP contribution >= 0.6 is 11.8 Å². The maximum Gasteiger partial charge on any atom is 0.326 e. The van der Waals surface area contributed by atoms with E-state index in [2.05, 4.69) is 20.6 Å². The van der Waals surface area contributed by atoms with Gasteiger partial charge in [0.2, 0.25) is 17.7 Å². The van der Waals surface area contributed by atoms with Crippen molar-refractivity contribution in [3.05, 3.63) is 18.2 Å². The number of H-pyrrole nitrogens is 1. The normalized spacial score (nSPS) is 17.9. The Balaban J connectivity index is 2.12. The maximum absolute atomic E-state index is 13.1. The van der Waals surface area contributed by atoms with Gasteiger partial charge < -0.3 is 36.5 Å². The minimum atomic E-state index is -1.24. The number of thioether (sulfide) groups is 1. The maximum atomic E-state index is 13.1. The fraction of sp³-hybridized carbons (Fsp3) is 0.619. The molecule has 3 amide bonds. The summed E-state index contributed by atoms with van der Waals surface area (Å²) in [7, 11) is 0. The second-order valence-corrected chi connectivity index (χ2v) is 9.24. The molecule has 2 rings (SSSR count). The van der Waals surface area contributed by atoms with E-state index in [-0.39, 0.29) is 32.2 Å². The SMILES string of the molecule is CSCCC(NC(=O)C(N)Cc1cnc[nH]1)C(=O)NC(CCC(=O)O)C(=O)N1CCCC1C(=O)O. The van der Waals surface area contributed by atoms with Crippen LogP contribution in [-0.2, 0) is 30.4 Å². The fourth-order valence-electron chi connectivity index (χ4n) is 3.79. The predicted octanol–water partition coefficient (Wildman–Crippen LogP) is -1.06. The van der Waals surface area contributed by atoms with E-state index in [1.807, 2.05) is 6.26 Å². The first-order valence-electron chi connectivity index (χ1n) is 11.2. The van der Waals surface area contributed by atoms with Gasteiger partial charge in [0.25, 0.3) is 0 Å². The molecule has 13 nitrogen and oxygen atoms in total. The summed E-state index contributed by atoms with van der Waals surface area (Å²) in [4.78, 5) is 69.3. The molecule has 7 N–H and O–H groups in total. The Labute approximate surface area is 206 Å². The van der Waals surface area contributed by atoms with Gasteiger partial charge in [-0.1, -0.05) is 0 Å². The molecule has 1 aromatic heterocycles. The molecule has 0 spiro atoms. The van der Waals surface area contributed by atoms with Crippen LogP contribution in [-0.4, -0.2) is 97.5 Å². The second kappa shape index (κ2) is 13.7. The number of carboxylic acids is 2. The largest absolute Gasteiger partial charge is 0.481 e. The van der Waals surface area contributed by atoms with Crippen LogP contribution in [0.2, 0.25) is 0 Å². The molecule has 4 atom stereocenters. The van der Waals surface area contributed by atoms with E-state index in [1.54, 1.807) is 0 Å². The van der Waals surface area contributed by atoms with Crippen molar-refractivity contribution in [2.75, 3.05) is 18.6 Å². The first-order valence-corrected chi connectivity index (χ1v) is 12.6. The third-order valence-electron chi connectivity index (χ3n) is 5.66. The molecule has 0 radical (unpaired) electrons. The zero-order valence-corrected chi connectivity index (χ0v) is 20.3. The number of imidazole rings is 1. The average Bonchev–Trinajstić information content (AvgIpc) is 3.50. The second-order valence-electron chi connectivity index (χ2n) is 8.25. The number of hydrogen-bond acceptors (Lipinski definition) is 8. The summed E-state index contributed by atoms with van der Waals surface area (Å²) < 4.78 is 0. The Kier molecular flexibility index (Phi) is 11.0. The van der Waals surface area contributed by atoms with Crippen LogP contribution in [0.25, 0.3) is 0 Å². The van der Waals surface area contributed by atoms with Gasteiger partial charge in [-0.2, -0.15) is 11.8 Å². The number of nitrogens with one attached hydrogen (secondary N) is 3. The number of carboxylic acid groups (broad SMARTS) is 2. The summed E-state index contributed by atoms with van der Waals surface area (Å²) in [6.45, 7) is 0.199. The summed E-state index contributed by atoms with van der Waals surface area (Å²) in [6, 6.07) is -4.24. The highest BCUT2D eigenvalue weighted by Crippen LogP contribution is 2.20. The van der Waals surface area contributed by atoms with E-state index >= 15 is 0 Å². The smallest absolute Gasteiger partial charge is 0.326 e. The van der Waals surface area contributed by atoms with Gasteiger partial charge in [-0.3, -0.25) is 19.2 Å². The molecule has 0 aliphatic carbocycles. The lowest BCUT2D eigenvalue weighted by Gasteiger charge is -2.28. The van der Waals surface area contributed by atoms with Crippen molar-refractivity contribution in [2.24, 2.45) is 5.73 Å². The Morgan fingerprint density at radius 1 is 1.20 bits per heavy atom. The number of nitrogens with two attached hydrogens (primary N) is 1. The van der Waals surface area contributed by atoms with E-state index in [0.717, 1.165) is 4.90 Å². The van der Waals surface area contributed by atoms with Crippen LogP contribution < -0.4 is 16.4 Å². The van der Waals surface area contributed by atoms with Gasteiger partial charge in [-0.15, -0.1) is 0 Å². The highest BCUT2D eigenvalue weighted by molar-refractivity contribution is 7.98. The number of aliphatic carboxylic acids is 2. The molecule has 14 heteroatoms. The van der Waals surface area contributed by atoms with Gasteiger partial charge in [-0.25, -0.2) is 9.78 Å². The molecule has 2 heterocycles. The van der Waals surface area contributed by atoms with Gasteiger partial charge in [0.05, 0.1) is 12.4 Å². The summed E-state index contributed by atoms with van der Waals surface area (Å²) in [5, 5.41) is 23.6. The molecule has 1 aromatic rings. The number of carbonyl (C=O) groups excluding carboxylic acids is 3. The summed E-state index contributed by atoms with van der Waals surface area (Å²) in [5.41, 5.74) is 6.61. The van der Waals surface area contributed by atoms with Gasteiger partial charge in [0.15, 0.2) is 0 Å². The lowest BCUT2D eigenvalue weighted by Crippen LogP contribution is -2.57. The predicted molar refractivity (Wildman–Crippen MR) is 126 cm³/mol. The Bertz CT molecular complexity index is 897. The molecule has 0 saturated carbocycles. The van der Waals surface area contributed by atoms with Crippen molar-refractivity contribution in [3.8, 4) is 0 Å². The first-order chi connectivity index (χ1) is 16.6. The molecule has 1 fully saturated rings. The van der Waals surface area contributed by atoms with Crippen LogP contribution in [0.3, 0.4) is 0 Å². The lowest BCUT2D eigenvalue weighted by atomic mass is 10.1. The third-order valence-corrected chi connectivity index (χ3v) is 6.30. The van der Waals surface area contributed by atoms with Crippen LogP contribution in [0.4, 0.5) is 0 Å². The van der Waals surface area contributed by atoms with Gasteiger partial charge in [0, 0.05) is 31.3 Å². The summed E-state index contributed by atoms with van der Waals surface area (Å²) in [5.74, 6) is -3.69. The molecule has 35 heavy (non-hydrogen) atoms. The topological polar surface area (TPSA) is 208 Å². The number of aromatic nitrogens is 2.